The fourth-order valence-corrected chi connectivity index (χ4v) is 4.04. The molecule has 1 unspecified atom stereocenters. The first-order valence-corrected chi connectivity index (χ1v) is 7.97. The van der Waals surface area contributed by atoms with Crippen LogP contribution in [0.3, 0.4) is 0 Å². The number of halogens is 1. The third-order valence-electron chi connectivity index (χ3n) is 5.12. The minimum atomic E-state index is -0.236. The van der Waals surface area contributed by atoms with Crippen LogP contribution in [0.15, 0.2) is 24.3 Å². The van der Waals surface area contributed by atoms with Crippen LogP contribution in [0.25, 0.3) is 0 Å². The van der Waals surface area contributed by atoms with Crippen LogP contribution < -0.4 is 5.32 Å². The average Bonchev–Trinajstić information content (AvgIpc) is 2.44. The number of nitrogens with one attached hydrogen (secondary N) is 1. The molecule has 2 amide bonds. The highest BCUT2D eigenvalue weighted by atomic mass is 35.5. The van der Waals surface area contributed by atoms with E-state index in [1.165, 1.54) is 0 Å². The Balaban J connectivity index is 1.99. The number of carbonyl (C=O) groups excluding carboxylic acids is 2. The van der Waals surface area contributed by atoms with Gasteiger partial charge in [0, 0.05) is 11.4 Å². The zero-order chi connectivity index (χ0) is 15.0. The van der Waals surface area contributed by atoms with Gasteiger partial charge in [0.05, 0.1) is 5.92 Å². The average molecular weight is 306 g/mol. The van der Waals surface area contributed by atoms with Crippen molar-refractivity contribution in [2.24, 2.45) is 11.3 Å². The molecule has 1 atom stereocenters. The van der Waals surface area contributed by atoms with E-state index in [2.05, 4.69) is 12.2 Å². The van der Waals surface area contributed by atoms with E-state index < -0.39 is 0 Å². The third kappa shape index (κ3) is 2.71. The Morgan fingerprint density at radius 2 is 1.76 bits per heavy atom. The monoisotopic (exact) mass is 305 g/mol. The lowest BCUT2D eigenvalue weighted by Gasteiger charge is -2.46. The van der Waals surface area contributed by atoms with E-state index in [0.717, 1.165) is 31.2 Å². The summed E-state index contributed by atoms with van der Waals surface area (Å²) >= 11 is 5.95. The Labute approximate surface area is 130 Å². The zero-order valence-corrected chi connectivity index (χ0v) is 13.0. The van der Waals surface area contributed by atoms with Crippen LogP contribution in [0, 0.1) is 11.3 Å². The molecule has 21 heavy (non-hydrogen) atoms. The van der Waals surface area contributed by atoms with Crippen molar-refractivity contribution in [3.63, 3.8) is 0 Å². The number of imide groups is 1. The van der Waals surface area contributed by atoms with Gasteiger partial charge in [-0.05, 0) is 41.9 Å². The Morgan fingerprint density at radius 3 is 2.38 bits per heavy atom. The number of amides is 2. The maximum absolute atomic E-state index is 12.5. The molecule has 1 heterocycles. The summed E-state index contributed by atoms with van der Waals surface area (Å²) in [4.78, 5) is 24.4. The molecule has 0 radical (unpaired) electrons. The number of carbonyl (C=O) groups is 2. The summed E-state index contributed by atoms with van der Waals surface area (Å²) in [6.45, 7) is 2.24. The first-order chi connectivity index (χ1) is 10.00. The molecule has 1 aromatic carbocycles. The number of rotatable bonds is 1. The molecule has 1 N–H and O–H groups in total. The first-order valence-electron chi connectivity index (χ1n) is 7.59. The van der Waals surface area contributed by atoms with Crippen molar-refractivity contribution < 1.29 is 9.59 Å². The molecule has 1 aliphatic heterocycles. The van der Waals surface area contributed by atoms with E-state index in [-0.39, 0.29) is 23.1 Å². The number of piperidine rings is 1. The quantitative estimate of drug-likeness (QED) is 0.805. The van der Waals surface area contributed by atoms with Gasteiger partial charge in [-0.3, -0.25) is 14.9 Å². The second-order valence-corrected chi connectivity index (χ2v) is 7.06. The summed E-state index contributed by atoms with van der Waals surface area (Å²) in [6.07, 6.45) is 4.52. The second kappa shape index (κ2) is 5.45. The lowest BCUT2D eigenvalue weighted by atomic mass is 9.59. The Bertz CT molecular complexity index is 559. The largest absolute Gasteiger partial charge is 0.296 e. The molecule has 1 saturated heterocycles. The predicted octanol–water partition coefficient (Wildman–Crippen LogP) is 3.67. The highest BCUT2D eigenvalue weighted by Gasteiger charge is 2.50. The van der Waals surface area contributed by atoms with E-state index in [4.69, 9.17) is 11.6 Å². The molecule has 2 aliphatic rings. The summed E-state index contributed by atoms with van der Waals surface area (Å²) in [5.74, 6) is 0.171. The molecular formula is C17H20ClNO2. The van der Waals surface area contributed by atoms with E-state index in [1.807, 2.05) is 24.3 Å². The van der Waals surface area contributed by atoms with Crippen LogP contribution in [0.5, 0.6) is 0 Å². The topological polar surface area (TPSA) is 46.2 Å². The van der Waals surface area contributed by atoms with Crippen molar-refractivity contribution in [3.05, 3.63) is 34.9 Å². The van der Waals surface area contributed by atoms with Gasteiger partial charge in [-0.2, -0.15) is 0 Å². The number of hydrogen-bond donors (Lipinski definition) is 1. The lowest BCUT2D eigenvalue weighted by molar-refractivity contribution is -0.141. The van der Waals surface area contributed by atoms with Gasteiger partial charge < -0.3 is 0 Å². The molecule has 2 fully saturated rings. The normalized spacial score (nSPS) is 33.0. The SMILES string of the molecule is CC1CCC2(CC1)CC(=O)NC(=O)C2c1ccc(Cl)cc1. The molecule has 112 valence electrons. The molecule has 0 bridgehead atoms. The van der Waals surface area contributed by atoms with Gasteiger partial charge in [0.1, 0.15) is 0 Å². The molecule has 4 heteroatoms. The second-order valence-electron chi connectivity index (χ2n) is 6.62. The van der Waals surface area contributed by atoms with Crippen LogP contribution in [0.4, 0.5) is 0 Å². The molecule has 3 rings (SSSR count). The van der Waals surface area contributed by atoms with Gasteiger partial charge in [-0.25, -0.2) is 0 Å². The van der Waals surface area contributed by atoms with Crippen molar-refractivity contribution in [2.75, 3.05) is 0 Å². The number of hydrogen-bond acceptors (Lipinski definition) is 2. The van der Waals surface area contributed by atoms with Crippen molar-refractivity contribution in [2.45, 2.75) is 44.9 Å². The molecule has 1 aromatic rings. The Hall–Kier alpha value is -1.35. The molecule has 0 aromatic heterocycles. The molecular weight excluding hydrogens is 286 g/mol. The molecule has 1 aliphatic carbocycles. The van der Waals surface area contributed by atoms with Crippen molar-refractivity contribution >= 4 is 23.4 Å². The lowest BCUT2D eigenvalue weighted by Crippen LogP contribution is -2.51. The summed E-state index contributed by atoms with van der Waals surface area (Å²) in [7, 11) is 0. The van der Waals surface area contributed by atoms with Crippen molar-refractivity contribution in [1.82, 2.24) is 5.32 Å². The first kappa shape index (κ1) is 14.6. The van der Waals surface area contributed by atoms with Crippen LogP contribution in [-0.2, 0) is 9.59 Å². The summed E-state index contributed by atoms with van der Waals surface area (Å²) in [5, 5.41) is 3.18. The maximum Gasteiger partial charge on any atom is 0.234 e. The van der Waals surface area contributed by atoms with Gasteiger partial charge in [-0.15, -0.1) is 0 Å². The van der Waals surface area contributed by atoms with E-state index in [9.17, 15) is 9.59 Å². The zero-order valence-electron chi connectivity index (χ0n) is 12.2. The summed E-state index contributed by atoms with van der Waals surface area (Å²) in [6, 6.07) is 7.48. The van der Waals surface area contributed by atoms with E-state index in [1.54, 1.807) is 0 Å². The van der Waals surface area contributed by atoms with Gasteiger partial charge in [0.2, 0.25) is 11.8 Å². The summed E-state index contributed by atoms with van der Waals surface area (Å²) < 4.78 is 0. The molecule has 1 spiro atoms. The van der Waals surface area contributed by atoms with Gasteiger partial charge in [-0.1, -0.05) is 43.5 Å². The predicted molar refractivity (Wildman–Crippen MR) is 82.0 cm³/mol. The van der Waals surface area contributed by atoms with Crippen LogP contribution in [0.2, 0.25) is 5.02 Å². The van der Waals surface area contributed by atoms with Crippen molar-refractivity contribution in [3.8, 4) is 0 Å². The van der Waals surface area contributed by atoms with Crippen LogP contribution in [0.1, 0.15) is 50.5 Å². The molecule has 3 nitrogen and oxygen atoms in total. The third-order valence-corrected chi connectivity index (χ3v) is 5.38. The summed E-state index contributed by atoms with van der Waals surface area (Å²) in [5.41, 5.74) is 0.763. The van der Waals surface area contributed by atoms with Gasteiger partial charge in [0.25, 0.3) is 0 Å². The fraction of sp³-hybridized carbons (Fsp3) is 0.529. The maximum atomic E-state index is 12.5. The van der Waals surface area contributed by atoms with E-state index >= 15 is 0 Å². The van der Waals surface area contributed by atoms with Crippen LogP contribution in [-0.4, -0.2) is 11.8 Å². The minimum Gasteiger partial charge on any atom is -0.296 e. The smallest absolute Gasteiger partial charge is 0.234 e. The number of benzene rings is 1. The fourth-order valence-electron chi connectivity index (χ4n) is 3.92. The Morgan fingerprint density at radius 1 is 1.14 bits per heavy atom. The highest BCUT2D eigenvalue weighted by molar-refractivity contribution is 6.30. The van der Waals surface area contributed by atoms with E-state index in [0.29, 0.717) is 17.4 Å². The minimum absolute atomic E-state index is 0.125. The van der Waals surface area contributed by atoms with Gasteiger partial charge >= 0.3 is 0 Å². The molecule has 1 saturated carbocycles. The van der Waals surface area contributed by atoms with Crippen molar-refractivity contribution in [1.29, 1.82) is 0 Å². The standard InChI is InChI=1S/C17H20ClNO2/c1-11-6-8-17(9-7-11)10-14(20)19-16(21)15(17)12-2-4-13(18)5-3-12/h2-5,11,15H,6-10H2,1H3,(H,19,20,21). The highest BCUT2D eigenvalue weighted by Crippen LogP contribution is 2.52. The van der Waals surface area contributed by atoms with Crippen LogP contribution >= 0.6 is 11.6 Å². The Kier molecular flexibility index (Phi) is 3.78. The van der Waals surface area contributed by atoms with Gasteiger partial charge in [0.15, 0.2) is 0 Å².